The molecule has 3 rings (SSSR count). The normalized spacial score (nSPS) is 12.2. The summed E-state index contributed by atoms with van der Waals surface area (Å²) in [5.74, 6) is -3.31. The van der Waals surface area contributed by atoms with Crippen molar-refractivity contribution in [2.45, 2.75) is 12.8 Å². The minimum atomic E-state index is -2.19. The average Bonchev–Trinajstić information content (AvgIpc) is 2.77. The number of rotatable bonds is 10. The molecule has 8 nitrogen and oxygen atoms in total. The Hall–Kier alpha value is -2.57. The summed E-state index contributed by atoms with van der Waals surface area (Å²) in [6, 6.07) is 5.16. The molecule has 0 amide bonds. The van der Waals surface area contributed by atoms with Gasteiger partial charge in [0.05, 0.1) is 34.4 Å². The number of aryl methyl sites for hydroxylation is 1. The lowest BCUT2D eigenvalue weighted by Crippen LogP contribution is -2.18. The predicted octanol–water partition coefficient (Wildman–Crippen LogP) is 2.82. The van der Waals surface area contributed by atoms with Crippen molar-refractivity contribution >= 4 is 39.7 Å². The van der Waals surface area contributed by atoms with E-state index in [2.05, 4.69) is 14.7 Å². The third-order valence-corrected chi connectivity index (χ3v) is 5.31. The summed E-state index contributed by atoms with van der Waals surface area (Å²) in [7, 11) is 0. The van der Waals surface area contributed by atoms with Crippen molar-refractivity contribution in [2.24, 2.45) is 0 Å². The van der Waals surface area contributed by atoms with Crippen LogP contribution in [0, 0.1) is 11.6 Å². The Labute approximate surface area is 189 Å². The Morgan fingerprint density at radius 3 is 2.75 bits per heavy atom. The van der Waals surface area contributed by atoms with Gasteiger partial charge in [-0.1, -0.05) is 11.6 Å². The molecular weight excluding hydrogens is 468 g/mol. The number of aromatic nitrogens is 2. The fourth-order valence-electron chi connectivity index (χ4n) is 2.98. The van der Waals surface area contributed by atoms with Crippen molar-refractivity contribution in [1.82, 2.24) is 14.7 Å². The van der Waals surface area contributed by atoms with Gasteiger partial charge in [0.25, 0.3) is 0 Å². The Morgan fingerprint density at radius 1 is 1.25 bits per heavy atom. The van der Waals surface area contributed by atoms with Crippen LogP contribution in [0.3, 0.4) is 0 Å². The van der Waals surface area contributed by atoms with E-state index in [0.29, 0.717) is 11.9 Å². The van der Waals surface area contributed by atoms with E-state index in [1.165, 1.54) is 24.4 Å². The van der Waals surface area contributed by atoms with Gasteiger partial charge in [-0.3, -0.25) is 9.35 Å². The molecule has 0 aliphatic carbocycles. The maximum atomic E-state index is 14.6. The second-order valence-electron chi connectivity index (χ2n) is 6.58. The molecule has 1 heterocycles. The number of hydrogen-bond donors (Lipinski definition) is 3. The summed E-state index contributed by atoms with van der Waals surface area (Å²) >= 11 is 4.05. The number of nitrogens with one attached hydrogen (secondary N) is 1. The maximum absolute atomic E-state index is 14.6. The van der Waals surface area contributed by atoms with Gasteiger partial charge in [-0.25, -0.2) is 27.7 Å². The van der Waals surface area contributed by atoms with E-state index >= 15 is 0 Å². The van der Waals surface area contributed by atoms with E-state index in [9.17, 15) is 17.8 Å². The zero-order valence-corrected chi connectivity index (χ0v) is 18.1. The number of ketones is 1. The second-order valence-corrected chi connectivity index (χ2v) is 7.75. The number of ether oxygens (including phenoxy) is 1. The van der Waals surface area contributed by atoms with Crippen molar-refractivity contribution < 1.29 is 32.2 Å². The molecule has 2 aromatic carbocycles. The van der Waals surface area contributed by atoms with Crippen LogP contribution in [0.4, 0.5) is 8.78 Å². The number of nitrogens with zero attached hydrogens (tertiary/aromatic N) is 2. The van der Waals surface area contributed by atoms with Crippen LogP contribution in [0.25, 0.3) is 11.0 Å². The van der Waals surface area contributed by atoms with Gasteiger partial charge in [0, 0.05) is 12.1 Å². The number of carbonyl (C=O) groups excluding carboxylic acids is 1. The fourth-order valence-corrected chi connectivity index (χ4v) is 3.61. The number of halogens is 3. The number of fused-ring (bicyclic) bond motifs is 1. The van der Waals surface area contributed by atoms with Crippen LogP contribution in [-0.4, -0.2) is 49.4 Å². The van der Waals surface area contributed by atoms with Crippen LogP contribution >= 0.6 is 11.6 Å². The molecule has 0 saturated carbocycles. The molecule has 1 aromatic heterocycles. The lowest BCUT2D eigenvalue weighted by molar-refractivity contribution is 0.103. The Morgan fingerprint density at radius 2 is 2.03 bits per heavy atom. The zero-order chi connectivity index (χ0) is 23.3. The first-order valence-electron chi connectivity index (χ1n) is 9.37. The minimum absolute atomic E-state index is 0.00936. The van der Waals surface area contributed by atoms with Crippen molar-refractivity contribution in [2.75, 3.05) is 19.8 Å². The lowest BCUT2D eigenvalue weighted by atomic mass is 9.98. The van der Waals surface area contributed by atoms with Crippen LogP contribution in [0.2, 0.25) is 5.02 Å². The molecule has 0 bridgehead atoms. The molecule has 0 aliphatic heterocycles. The number of aliphatic hydroxyl groups is 1. The number of benzene rings is 2. The summed E-state index contributed by atoms with van der Waals surface area (Å²) in [4.78, 5) is 21.4. The Bertz CT molecular complexity index is 1180. The quantitative estimate of drug-likeness (QED) is 0.175. The third-order valence-electron chi connectivity index (χ3n) is 4.43. The smallest absolute Gasteiger partial charge is 0.232 e. The van der Waals surface area contributed by atoms with E-state index < -0.39 is 34.2 Å². The number of carbonyl (C=O) groups is 1. The molecule has 12 heteroatoms. The van der Waals surface area contributed by atoms with Crippen molar-refractivity contribution in [3.05, 3.63) is 63.8 Å². The van der Waals surface area contributed by atoms with Gasteiger partial charge in [-0.15, -0.1) is 0 Å². The first-order valence-corrected chi connectivity index (χ1v) is 10.9. The highest BCUT2D eigenvalue weighted by Crippen LogP contribution is 2.30. The number of hydrogen-bond acceptors (Lipinski definition) is 6. The molecule has 32 heavy (non-hydrogen) atoms. The van der Waals surface area contributed by atoms with E-state index in [1.54, 1.807) is 0 Å². The largest absolute Gasteiger partial charge is 0.474 e. The van der Waals surface area contributed by atoms with E-state index in [4.69, 9.17) is 26.0 Å². The van der Waals surface area contributed by atoms with E-state index in [0.717, 1.165) is 6.07 Å². The molecular formula is C20H18ClF2N3O5S. The van der Waals surface area contributed by atoms with Crippen molar-refractivity contribution in [1.29, 1.82) is 0 Å². The second kappa shape index (κ2) is 10.8. The summed E-state index contributed by atoms with van der Waals surface area (Å²) in [6.45, 7) is -0.0764. The molecule has 1 unspecified atom stereocenters. The molecule has 0 aliphatic rings. The molecule has 170 valence electrons. The molecule has 3 N–H and O–H groups in total. The number of aliphatic hydroxyl groups excluding tert-OH is 1. The molecule has 0 saturated heterocycles. The van der Waals surface area contributed by atoms with Crippen LogP contribution in [0.1, 0.15) is 27.9 Å². The van der Waals surface area contributed by atoms with Crippen molar-refractivity contribution in [3.63, 3.8) is 0 Å². The lowest BCUT2D eigenvalue weighted by Gasteiger charge is -2.12. The first-order chi connectivity index (χ1) is 15.3. The summed E-state index contributed by atoms with van der Waals surface area (Å²) < 4.78 is 55.6. The highest BCUT2D eigenvalue weighted by Gasteiger charge is 2.24. The Kier molecular flexibility index (Phi) is 8.15. The minimum Gasteiger partial charge on any atom is -0.474 e. The molecule has 0 spiro atoms. The standard InChI is InChI=1S/C20H18ClF2N3O5S/c21-18-11(2-1-5-25-32(29)30)8-13(22)19(23)17(18)20(28)12-3-4-14-15(9-12)26-16(10-24-14)31-7-6-27/h3-4,8-10,25,27H,1-2,5-7H2,(H,29,30). The summed E-state index contributed by atoms with van der Waals surface area (Å²) in [6.07, 6.45) is 1.80. The summed E-state index contributed by atoms with van der Waals surface area (Å²) in [5.41, 5.74) is 0.321. The molecule has 3 aromatic rings. The maximum Gasteiger partial charge on any atom is 0.232 e. The van der Waals surface area contributed by atoms with Crippen LogP contribution in [0.15, 0.2) is 30.5 Å². The van der Waals surface area contributed by atoms with Gasteiger partial charge in [0.1, 0.15) is 6.61 Å². The molecule has 0 fully saturated rings. The van der Waals surface area contributed by atoms with Gasteiger partial charge in [-0.2, -0.15) is 0 Å². The average molecular weight is 486 g/mol. The van der Waals surface area contributed by atoms with Gasteiger partial charge < -0.3 is 9.84 Å². The highest BCUT2D eigenvalue weighted by atomic mass is 35.5. The Balaban J connectivity index is 1.93. The first kappa shape index (κ1) is 24.1. The third kappa shape index (κ3) is 5.61. The van der Waals surface area contributed by atoms with Crippen molar-refractivity contribution in [3.8, 4) is 5.88 Å². The van der Waals surface area contributed by atoms with Crippen LogP contribution in [0.5, 0.6) is 5.88 Å². The summed E-state index contributed by atoms with van der Waals surface area (Å²) in [5, 5.41) is 8.62. The van der Waals surface area contributed by atoms with Crippen LogP contribution < -0.4 is 9.46 Å². The topological polar surface area (TPSA) is 122 Å². The van der Waals surface area contributed by atoms with E-state index in [-0.39, 0.29) is 53.7 Å². The molecule has 0 radical (unpaired) electrons. The highest BCUT2D eigenvalue weighted by molar-refractivity contribution is 7.77. The predicted molar refractivity (Wildman–Crippen MR) is 114 cm³/mol. The van der Waals surface area contributed by atoms with Gasteiger partial charge >= 0.3 is 0 Å². The van der Waals surface area contributed by atoms with Crippen LogP contribution in [-0.2, 0) is 17.7 Å². The zero-order valence-electron chi connectivity index (χ0n) is 16.5. The van der Waals surface area contributed by atoms with Gasteiger partial charge in [0.2, 0.25) is 17.1 Å². The monoisotopic (exact) mass is 485 g/mol. The van der Waals surface area contributed by atoms with E-state index in [1.807, 2.05) is 0 Å². The van der Waals surface area contributed by atoms with Gasteiger partial charge in [-0.05, 0) is 42.7 Å². The fraction of sp³-hybridized carbons (Fsp3) is 0.250. The molecule has 1 atom stereocenters. The van der Waals surface area contributed by atoms with Gasteiger partial charge in [0.15, 0.2) is 17.4 Å². The SMILES string of the molecule is O=C(c1ccc2ncc(OCCO)nc2c1)c1c(F)c(F)cc(CCCNS(=O)O)c1Cl.